The molecule has 0 amide bonds. The number of nitrogens with zero attached hydrogens (tertiary/aromatic N) is 1. The van der Waals surface area contributed by atoms with Gasteiger partial charge in [0.2, 0.25) is 0 Å². The molecule has 3 aliphatic carbocycles. The van der Waals surface area contributed by atoms with Gasteiger partial charge < -0.3 is 15.3 Å². The van der Waals surface area contributed by atoms with E-state index < -0.39 is 45.6 Å². The second kappa shape index (κ2) is 7.13. The van der Waals surface area contributed by atoms with Crippen LogP contribution < -0.4 is 4.83 Å². The maximum Gasteiger partial charge on any atom is 0.308 e. The van der Waals surface area contributed by atoms with Gasteiger partial charge in [-0.1, -0.05) is 24.3 Å². The molecule has 1 saturated carbocycles. The number of hydrazone groups is 1. The first-order valence-electron chi connectivity index (χ1n) is 9.12. The number of carbonyl (C=O) groups is 2. The Kier molecular flexibility index (Phi) is 4.73. The third kappa shape index (κ3) is 3.18. The van der Waals surface area contributed by atoms with Gasteiger partial charge in [0.15, 0.2) is 0 Å². The molecule has 3 aliphatic rings. The van der Waals surface area contributed by atoms with Gasteiger partial charge in [0, 0.05) is 17.5 Å². The molecular weight excluding hydrogens is 412 g/mol. The minimum Gasteiger partial charge on any atom is -0.508 e. The van der Waals surface area contributed by atoms with Crippen LogP contribution in [0.4, 0.5) is 0 Å². The van der Waals surface area contributed by atoms with E-state index in [0.29, 0.717) is 11.1 Å². The predicted molar refractivity (Wildman–Crippen MR) is 105 cm³/mol. The molecule has 0 radical (unpaired) electrons. The molecule has 0 spiro atoms. The lowest BCUT2D eigenvalue weighted by Gasteiger charge is -2.46. The normalized spacial score (nSPS) is 26.2. The molecule has 10 heteroatoms. The van der Waals surface area contributed by atoms with E-state index in [1.807, 2.05) is 0 Å². The van der Waals surface area contributed by atoms with Crippen molar-refractivity contribution in [1.29, 1.82) is 0 Å². The van der Waals surface area contributed by atoms with E-state index in [-0.39, 0.29) is 22.8 Å². The third-order valence-corrected chi connectivity index (χ3v) is 6.93. The molecule has 2 bridgehead atoms. The Morgan fingerprint density at radius 2 is 1.63 bits per heavy atom. The molecule has 4 atom stereocenters. The number of sulfonamides is 1. The van der Waals surface area contributed by atoms with Crippen LogP contribution in [0.15, 0.2) is 58.5 Å². The summed E-state index contributed by atoms with van der Waals surface area (Å²) in [7, 11) is -3.98. The summed E-state index contributed by atoms with van der Waals surface area (Å²) in [6.07, 6.45) is 0.0977. The van der Waals surface area contributed by atoms with Crippen LogP contribution in [0, 0.1) is 11.8 Å². The topological polar surface area (TPSA) is 153 Å². The number of phenolic OH excluding ortho intramolecular Hbond substituents is 1. The number of carboxylic acid groups (broad SMARTS) is 2. The third-order valence-electron chi connectivity index (χ3n) is 5.71. The molecular formula is C20H18N2O7S. The van der Waals surface area contributed by atoms with Crippen LogP contribution in [0.5, 0.6) is 5.75 Å². The summed E-state index contributed by atoms with van der Waals surface area (Å²) in [5.41, 5.74) is 1.31. The van der Waals surface area contributed by atoms with Crippen molar-refractivity contribution in [2.45, 2.75) is 23.2 Å². The Hall–Kier alpha value is -3.40. The highest BCUT2D eigenvalue weighted by Crippen LogP contribution is 2.55. The highest BCUT2D eigenvalue weighted by molar-refractivity contribution is 7.89. The van der Waals surface area contributed by atoms with Crippen LogP contribution in [0.1, 0.15) is 29.4 Å². The summed E-state index contributed by atoms with van der Waals surface area (Å²) in [6, 6.07) is 12.0. The van der Waals surface area contributed by atoms with Crippen molar-refractivity contribution in [3.63, 3.8) is 0 Å². The van der Waals surface area contributed by atoms with Crippen molar-refractivity contribution < 1.29 is 33.3 Å². The van der Waals surface area contributed by atoms with E-state index in [1.54, 1.807) is 24.3 Å². The first-order valence-corrected chi connectivity index (χ1v) is 10.6. The Bertz CT molecular complexity index is 1160. The maximum absolute atomic E-state index is 12.5. The van der Waals surface area contributed by atoms with Gasteiger partial charge >= 0.3 is 11.9 Å². The zero-order valence-electron chi connectivity index (χ0n) is 15.5. The van der Waals surface area contributed by atoms with Gasteiger partial charge in [-0.05, 0) is 41.8 Å². The first kappa shape index (κ1) is 19.9. The molecule has 9 nitrogen and oxygen atoms in total. The standard InChI is InChI=1S/C20H18N2O7S/c23-10-6-7-12-13(8-10)16-15(9-14(12)17(19(24)25)18(16)20(26)27)21-22-30(28,29)11-4-2-1-3-5-11/h1-8,14,16-18,22-23H,9H2,(H,24,25)(H,26,27). The van der Waals surface area contributed by atoms with Crippen molar-refractivity contribution in [2.75, 3.05) is 0 Å². The summed E-state index contributed by atoms with van der Waals surface area (Å²) >= 11 is 0. The molecule has 0 heterocycles. The van der Waals surface area contributed by atoms with E-state index in [2.05, 4.69) is 9.93 Å². The average Bonchev–Trinajstić information content (AvgIpc) is 2.72. The smallest absolute Gasteiger partial charge is 0.308 e. The van der Waals surface area contributed by atoms with Gasteiger partial charge in [0.25, 0.3) is 10.0 Å². The van der Waals surface area contributed by atoms with Crippen LogP contribution in [-0.2, 0) is 19.6 Å². The van der Waals surface area contributed by atoms with E-state index in [4.69, 9.17) is 0 Å². The summed E-state index contributed by atoms with van der Waals surface area (Å²) in [4.78, 5) is 26.0. The summed E-state index contributed by atoms with van der Waals surface area (Å²) in [6.45, 7) is 0. The van der Waals surface area contributed by atoms with E-state index in [0.717, 1.165) is 0 Å². The molecule has 0 aliphatic heterocycles. The second-order valence-corrected chi connectivity index (χ2v) is 9.00. The predicted octanol–water partition coefficient (Wildman–Crippen LogP) is 1.71. The Labute approximate surface area is 171 Å². The molecule has 156 valence electrons. The van der Waals surface area contributed by atoms with Crippen molar-refractivity contribution in [1.82, 2.24) is 4.83 Å². The molecule has 1 fully saturated rings. The largest absolute Gasteiger partial charge is 0.508 e. The number of phenols is 1. The van der Waals surface area contributed by atoms with Crippen molar-refractivity contribution in [3.05, 3.63) is 59.7 Å². The molecule has 4 N–H and O–H groups in total. The number of aromatic hydroxyl groups is 1. The zero-order valence-corrected chi connectivity index (χ0v) is 16.3. The molecule has 30 heavy (non-hydrogen) atoms. The Balaban J connectivity index is 1.79. The maximum atomic E-state index is 12.5. The second-order valence-electron chi connectivity index (χ2n) is 7.34. The highest BCUT2D eigenvalue weighted by Gasteiger charge is 2.56. The van der Waals surface area contributed by atoms with Gasteiger partial charge in [0.05, 0.1) is 16.7 Å². The fourth-order valence-corrected chi connectivity index (χ4v) is 5.36. The fourth-order valence-electron chi connectivity index (χ4n) is 4.50. The van der Waals surface area contributed by atoms with Gasteiger partial charge in [0.1, 0.15) is 5.75 Å². The number of benzene rings is 2. The highest BCUT2D eigenvalue weighted by atomic mass is 32.2. The van der Waals surface area contributed by atoms with Crippen LogP contribution >= 0.6 is 0 Å². The molecule has 4 unspecified atom stereocenters. The zero-order chi connectivity index (χ0) is 21.6. The van der Waals surface area contributed by atoms with E-state index >= 15 is 0 Å². The molecule has 0 aromatic heterocycles. The number of hydrogen-bond acceptors (Lipinski definition) is 6. The lowest BCUT2D eigenvalue weighted by molar-refractivity contribution is -0.156. The monoisotopic (exact) mass is 430 g/mol. The molecule has 2 aromatic rings. The van der Waals surface area contributed by atoms with E-state index in [9.17, 15) is 33.3 Å². The van der Waals surface area contributed by atoms with Gasteiger partial charge in [-0.2, -0.15) is 13.5 Å². The van der Waals surface area contributed by atoms with Crippen LogP contribution in [0.25, 0.3) is 0 Å². The Morgan fingerprint density at radius 1 is 0.967 bits per heavy atom. The molecule has 0 saturated heterocycles. The number of hydrogen-bond donors (Lipinski definition) is 4. The minimum atomic E-state index is -3.98. The Morgan fingerprint density at radius 3 is 2.27 bits per heavy atom. The lowest BCUT2D eigenvalue weighted by Crippen LogP contribution is -2.50. The quantitative estimate of drug-likeness (QED) is 0.527. The van der Waals surface area contributed by atoms with Gasteiger partial charge in [-0.3, -0.25) is 9.59 Å². The number of rotatable bonds is 5. The van der Waals surface area contributed by atoms with Gasteiger partial charge in [-0.25, -0.2) is 4.83 Å². The van der Waals surface area contributed by atoms with Crippen molar-refractivity contribution >= 4 is 27.7 Å². The molecule has 5 rings (SSSR count). The number of fused-ring (bicyclic) bond motifs is 2. The van der Waals surface area contributed by atoms with E-state index in [1.165, 1.54) is 24.3 Å². The number of carboxylic acids is 2. The minimum absolute atomic E-state index is 0.00781. The SMILES string of the molecule is O=C(O)C1C2CC(=NNS(=O)(=O)c3ccccc3)C(c3cc(O)ccc32)C1C(=O)O. The van der Waals surface area contributed by atoms with Gasteiger partial charge in [-0.15, -0.1) is 0 Å². The van der Waals surface area contributed by atoms with Crippen molar-refractivity contribution in [3.8, 4) is 5.75 Å². The number of nitrogens with one attached hydrogen (secondary N) is 1. The molecule has 2 aromatic carbocycles. The van der Waals surface area contributed by atoms with Crippen LogP contribution in [0.3, 0.4) is 0 Å². The first-order chi connectivity index (χ1) is 14.2. The summed E-state index contributed by atoms with van der Waals surface area (Å²) < 4.78 is 25.0. The average molecular weight is 430 g/mol. The van der Waals surface area contributed by atoms with Crippen LogP contribution in [0.2, 0.25) is 0 Å². The van der Waals surface area contributed by atoms with Crippen molar-refractivity contribution in [2.24, 2.45) is 16.9 Å². The fraction of sp³-hybridized carbons (Fsp3) is 0.250. The summed E-state index contributed by atoms with van der Waals surface area (Å²) in [5.74, 6) is -6.85. The number of aliphatic carboxylic acids is 2. The summed E-state index contributed by atoms with van der Waals surface area (Å²) in [5, 5.41) is 33.4. The lowest BCUT2D eigenvalue weighted by atomic mass is 9.55. The van der Waals surface area contributed by atoms with Crippen LogP contribution in [-0.4, -0.2) is 41.4 Å².